The monoisotopic (exact) mass is 300 g/mol. The number of carbonyl (C=O) groups excluding carboxylic acids is 1. The zero-order chi connectivity index (χ0) is 15.7. The van der Waals surface area contributed by atoms with Gasteiger partial charge in [-0.3, -0.25) is 4.79 Å². The van der Waals surface area contributed by atoms with E-state index >= 15 is 0 Å². The average Bonchev–Trinajstić information content (AvgIpc) is 3.14. The minimum atomic E-state index is 0.167. The molecule has 5 heteroatoms. The van der Waals surface area contributed by atoms with Crippen molar-refractivity contribution in [2.45, 2.75) is 39.0 Å². The van der Waals surface area contributed by atoms with Crippen molar-refractivity contribution in [1.29, 1.82) is 0 Å². The van der Waals surface area contributed by atoms with E-state index < -0.39 is 0 Å². The van der Waals surface area contributed by atoms with Gasteiger partial charge in [0.05, 0.1) is 0 Å². The number of aromatic nitrogens is 3. The van der Waals surface area contributed by atoms with E-state index in [1.165, 1.54) is 0 Å². The summed E-state index contributed by atoms with van der Waals surface area (Å²) in [5.74, 6) is 1.84. The van der Waals surface area contributed by atoms with E-state index in [1.54, 1.807) is 6.20 Å². The zero-order valence-electron chi connectivity index (χ0n) is 13.6. The van der Waals surface area contributed by atoms with Gasteiger partial charge in [0.15, 0.2) is 5.65 Å². The molecule has 118 valence electrons. The Kier molecular flexibility index (Phi) is 4.14. The highest BCUT2D eigenvalue weighted by Gasteiger charge is 2.32. The lowest BCUT2D eigenvalue weighted by Gasteiger charge is -2.21. The van der Waals surface area contributed by atoms with Crippen molar-refractivity contribution < 1.29 is 4.79 Å². The summed E-state index contributed by atoms with van der Waals surface area (Å²) in [6, 6.07) is 3.91. The van der Waals surface area contributed by atoms with Crippen molar-refractivity contribution in [1.82, 2.24) is 19.4 Å². The molecule has 2 aromatic heterocycles. The van der Waals surface area contributed by atoms with E-state index in [9.17, 15) is 4.79 Å². The fourth-order valence-corrected chi connectivity index (χ4v) is 3.47. The van der Waals surface area contributed by atoms with Crippen LogP contribution in [0.5, 0.6) is 0 Å². The number of hydrogen-bond acceptors (Lipinski definition) is 3. The number of rotatable bonds is 4. The lowest BCUT2D eigenvalue weighted by molar-refractivity contribution is -0.134. The molecule has 0 bridgehead atoms. The van der Waals surface area contributed by atoms with Gasteiger partial charge in [0.1, 0.15) is 11.3 Å². The maximum Gasteiger partial charge on any atom is 0.225 e. The summed E-state index contributed by atoms with van der Waals surface area (Å²) in [4.78, 5) is 23.7. The maximum atomic E-state index is 12.5. The van der Waals surface area contributed by atoms with Crippen molar-refractivity contribution in [3.63, 3.8) is 0 Å². The van der Waals surface area contributed by atoms with Crippen LogP contribution in [0.3, 0.4) is 0 Å². The molecule has 3 heterocycles. The molecule has 1 fully saturated rings. The third-order valence-electron chi connectivity index (χ3n) is 4.86. The summed E-state index contributed by atoms with van der Waals surface area (Å²) in [5, 5.41) is 0. The predicted octanol–water partition coefficient (Wildman–Crippen LogP) is 2.72. The molecular weight excluding hydrogens is 276 g/mol. The highest BCUT2D eigenvalue weighted by molar-refractivity contribution is 5.79. The van der Waals surface area contributed by atoms with Crippen LogP contribution in [-0.2, 0) is 11.8 Å². The quantitative estimate of drug-likeness (QED) is 0.872. The van der Waals surface area contributed by atoms with Gasteiger partial charge in [-0.1, -0.05) is 13.8 Å². The molecule has 1 saturated heterocycles. The van der Waals surface area contributed by atoms with Crippen LogP contribution in [-0.4, -0.2) is 38.4 Å². The lowest BCUT2D eigenvalue weighted by atomic mass is 10.0. The molecule has 22 heavy (non-hydrogen) atoms. The van der Waals surface area contributed by atoms with Crippen molar-refractivity contribution in [3.05, 3.63) is 24.2 Å². The molecule has 0 aliphatic carbocycles. The van der Waals surface area contributed by atoms with Crippen LogP contribution in [0.4, 0.5) is 0 Å². The molecule has 1 atom stereocenters. The Morgan fingerprint density at radius 3 is 2.86 bits per heavy atom. The van der Waals surface area contributed by atoms with Crippen molar-refractivity contribution in [3.8, 4) is 0 Å². The topological polar surface area (TPSA) is 51.0 Å². The second-order valence-electron chi connectivity index (χ2n) is 6.16. The van der Waals surface area contributed by atoms with E-state index in [0.29, 0.717) is 11.8 Å². The second kappa shape index (κ2) is 6.07. The van der Waals surface area contributed by atoms with Crippen LogP contribution in [0, 0.1) is 5.92 Å². The Morgan fingerprint density at radius 1 is 1.41 bits per heavy atom. The molecule has 1 amide bonds. The van der Waals surface area contributed by atoms with Gasteiger partial charge in [-0.25, -0.2) is 9.97 Å². The first-order valence-electron chi connectivity index (χ1n) is 8.21. The highest BCUT2D eigenvalue weighted by atomic mass is 16.2. The summed E-state index contributed by atoms with van der Waals surface area (Å²) in [5.41, 5.74) is 1.85. The molecular formula is C17H24N4O. The smallest absolute Gasteiger partial charge is 0.225 e. The van der Waals surface area contributed by atoms with Gasteiger partial charge >= 0.3 is 0 Å². The SMILES string of the molecule is CCC(CC)C(=O)N1CCC(c2nc3cccnc3n2C)C1. The molecule has 2 aromatic rings. The molecule has 1 unspecified atom stereocenters. The van der Waals surface area contributed by atoms with E-state index in [0.717, 1.165) is 49.3 Å². The third-order valence-corrected chi connectivity index (χ3v) is 4.86. The molecule has 5 nitrogen and oxygen atoms in total. The molecule has 1 aliphatic heterocycles. The maximum absolute atomic E-state index is 12.5. The van der Waals surface area contributed by atoms with Gasteiger partial charge in [0.25, 0.3) is 0 Å². The first-order valence-corrected chi connectivity index (χ1v) is 8.21. The van der Waals surface area contributed by atoms with Crippen molar-refractivity contribution in [2.75, 3.05) is 13.1 Å². The van der Waals surface area contributed by atoms with Gasteiger partial charge in [-0.2, -0.15) is 0 Å². The minimum Gasteiger partial charge on any atom is -0.342 e. The minimum absolute atomic E-state index is 0.167. The molecule has 0 N–H and O–H groups in total. The summed E-state index contributed by atoms with van der Waals surface area (Å²) in [6.07, 6.45) is 4.63. The lowest BCUT2D eigenvalue weighted by Crippen LogP contribution is -2.34. The van der Waals surface area contributed by atoms with Gasteiger partial charge in [0, 0.05) is 38.2 Å². The molecule has 0 saturated carbocycles. The number of imidazole rings is 1. The fourth-order valence-electron chi connectivity index (χ4n) is 3.47. The molecule has 0 radical (unpaired) electrons. The molecule has 1 aliphatic rings. The molecule has 0 aromatic carbocycles. The Hall–Kier alpha value is -1.91. The highest BCUT2D eigenvalue weighted by Crippen LogP contribution is 2.29. The first-order chi connectivity index (χ1) is 10.7. The third kappa shape index (κ3) is 2.49. The van der Waals surface area contributed by atoms with E-state index in [1.807, 2.05) is 24.1 Å². The number of nitrogens with zero attached hydrogens (tertiary/aromatic N) is 4. The van der Waals surface area contributed by atoms with Crippen LogP contribution >= 0.6 is 0 Å². The van der Waals surface area contributed by atoms with Crippen LogP contribution < -0.4 is 0 Å². The molecule has 3 rings (SSSR count). The molecule has 0 spiro atoms. The Labute approximate surface area is 131 Å². The summed E-state index contributed by atoms with van der Waals surface area (Å²) in [6.45, 7) is 5.82. The van der Waals surface area contributed by atoms with Crippen LogP contribution in [0.2, 0.25) is 0 Å². The largest absolute Gasteiger partial charge is 0.342 e. The number of hydrogen-bond donors (Lipinski definition) is 0. The number of fused-ring (bicyclic) bond motifs is 1. The summed E-state index contributed by atoms with van der Waals surface area (Å²) in [7, 11) is 2.02. The van der Waals surface area contributed by atoms with E-state index in [2.05, 4.69) is 23.4 Å². The number of likely N-dealkylation sites (tertiary alicyclic amines) is 1. The van der Waals surface area contributed by atoms with Gasteiger partial charge in [-0.05, 0) is 31.4 Å². The number of aryl methyl sites for hydroxylation is 1. The normalized spacial score (nSPS) is 18.5. The van der Waals surface area contributed by atoms with Crippen LogP contribution in [0.15, 0.2) is 18.3 Å². The zero-order valence-corrected chi connectivity index (χ0v) is 13.6. The van der Waals surface area contributed by atoms with Gasteiger partial charge < -0.3 is 9.47 Å². The summed E-state index contributed by atoms with van der Waals surface area (Å²) >= 11 is 0. The number of amides is 1. The Morgan fingerprint density at radius 2 is 2.18 bits per heavy atom. The van der Waals surface area contributed by atoms with Crippen LogP contribution in [0.1, 0.15) is 44.9 Å². The van der Waals surface area contributed by atoms with Gasteiger partial charge in [-0.15, -0.1) is 0 Å². The Bertz CT molecular complexity index is 674. The van der Waals surface area contributed by atoms with Crippen molar-refractivity contribution in [2.24, 2.45) is 13.0 Å². The second-order valence-corrected chi connectivity index (χ2v) is 6.16. The predicted molar refractivity (Wildman–Crippen MR) is 86.5 cm³/mol. The number of carbonyl (C=O) groups is 1. The van der Waals surface area contributed by atoms with E-state index in [-0.39, 0.29) is 5.92 Å². The van der Waals surface area contributed by atoms with E-state index in [4.69, 9.17) is 4.98 Å². The Balaban J connectivity index is 1.79. The standard InChI is InChI=1S/C17H24N4O/c1-4-12(5-2)17(22)21-10-8-13(11-21)15-19-14-7-6-9-18-16(14)20(15)3/h6-7,9,12-13H,4-5,8,10-11H2,1-3H3. The number of pyridine rings is 1. The van der Waals surface area contributed by atoms with Crippen LogP contribution in [0.25, 0.3) is 11.2 Å². The fraction of sp³-hybridized carbons (Fsp3) is 0.588. The average molecular weight is 300 g/mol. The van der Waals surface area contributed by atoms with Crippen molar-refractivity contribution >= 4 is 17.1 Å². The summed E-state index contributed by atoms with van der Waals surface area (Å²) < 4.78 is 2.07. The van der Waals surface area contributed by atoms with Gasteiger partial charge in [0.2, 0.25) is 5.91 Å². The first kappa shape index (κ1) is 15.0.